The van der Waals surface area contributed by atoms with Crippen LogP contribution in [0, 0.1) is 11.3 Å². The molecular weight excluding hydrogens is 344 g/mol. The Morgan fingerprint density at radius 2 is 1.77 bits per heavy atom. The minimum absolute atomic E-state index is 0.0314. The summed E-state index contributed by atoms with van der Waals surface area (Å²) < 4.78 is 0.878. The Balaban J connectivity index is 1.90. The molecule has 120 valence electrons. The number of amides is 2. The summed E-state index contributed by atoms with van der Waals surface area (Å²) in [6, 6.07) is 7.59. The monoisotopic (exact) mass is 366 g/mol. The van der Waals surface area contributed by atoms with E-state index in [9.17, 15) is 9.59 Å². The van der Waals surface area contributed by atoms with Gasteiger partial charge in [0, 0.05) is 28.9 Å². The number of rotatable bonds is 2. The lowest BCUT2D eigenvalue weighted by atomic mass is 9.90. The zero-order valence-electron chi connectivity index (χ0n) is 13.4. The number of carbonyl (C=O) groups excluding carboxylic acids is 2. The molecule has 5 heteroatoms. The van der Waals surface area contributed by atoms with Gasteiger partial charge in [-0.3, -0.25) is 9.59 Å². The van der Waals surface area contributed by atoms with E-state index in [-0.39, 0.29) is 23.1 Å². The van der Waals surface area contributed by atoms with E-state index in [4.69, 9.17) is 0 Å². The van der Waals surface area contributed by atoms with Crippen molar-refractivity contribution in [3.05, 3.63) is 28.7 Å². The highest BCUT2D eigenvalue weighted by Gasteiger charge is 2.32. The molecule has 0 unspecified atom stereocenters. The second-order valence-corrected chi connectivity index (χ2v) is 7.64. The third-order valence-electron chi connectivity index (χ3n) is 3.93. The van der Waals surface area contributed by atoms with Gasteiger partial charge in [0.2, 0.25) is 11.8 Å². The molecule has 0 saturated carbocycles. The van der Waals surface area contributed by atoms with Crippen LogP contribution in [0.1, 0.15) is 33.6 Å². The first kappa shape index (κ1) is 17.0. The van der Waals surface area contributed by atoms with Gasteiger partial charge in [0.1, 0.15) is 0 Å². The van der Waals surface area contributed by atoms with E-state index in [0.717, 1.165) is 23.0 Å². The van der Waals surface area contributed by atoms with Gasteiger partial charge in [-0.15, -0.1) is 0 Å². The van der Waals surface area contributed by atoms with Gasteiger partial charge in [-0.1, -0.05) is 32.9 Å². The molecule has 4 nitrogen and oxygen atoms in total. The quantitative estimate of drug-likeness (QED) is 0.867. The summed E-state index contributed by atoms with van der Waals surface area (Å²) in [7, 11) is 0. The Hall–Kier alpha value is -1.36. The fourth-order valence-corrected chi connectivity index (χ4v) is 3.00. The van der Waals surface area contributed by atoms with Crippen molar-refractivity contribution in [1.29, 1.82) is 0 Å². The first-order valence-corrected chi connectivity index (χ1v) is 8.43. The molecule has 2 rings (SSSR count). The van der Waals surface area contributed by atoms with Crippen molar-refractivity contribution in [3.63, 3.8) is 0 Å². The Morgan fingerprint density at radius 1 is 1.18 bits per heavy atom. The Labute approximate surface area is 140 Å². The van der Waals surface area contributed by atoms with Gasteiger partial charge in [0.05, 0.1) is 5.69 Å². The largest absolute Gasteiger partial charge is 0.342 e. The summed E-state index contributed by atoms with van der Waals surface area (Å²) in [6.45, 7) is 7.11. The van der Waals surface area contributed by atoms with Gasteiger partial charge in [-0.05, 0) is 40.9 Å². The fourth-order valence-electron chi connectivity index (χ4n) is 2.62. The van der Waals surface area contributed by atoms with Crippen molar-refractivity contribution in [1.82, 2.24) is 4.90 Å². The number of nitrogens with zero attached hydrogens (tertiary/aromatic N) is 1. The van der Waals surface area contributed by atoms with Crippen LogP contribution in [-0.2, 0) is 9.59 Å². The van der Waals surface area contributed by atoms with Gasteiger partial charge < -0.3 is 10.2 Å². The second-order valence-electron chi connectivity index (χ2n) is 6.79. The average molecular weight is 367 g/mol. The summed E-state index contributed by atoms with van der Waals surface area (Å²) in [6.07, 6.45) is 1.44. The molecule has 1 aliphatic rings. The number of halogens is 1. The standard InChI is InChI=1S/C17H23BrN2O2/c1-17(2,3)16(22)20-10-8-12(9-11-20)15(21)19-14-7-5-4-6-13(14)18/h4-7,12H,8-11H2,1-3H3,(H,19,21). The van der Waals surface area contributed by atoms with Crippen LogP contribution in [0.5, 0.6) is 0 Å². The average Bonchev–Trinajstić information content (AvgIpc) is 2.48. The number of nitrogens with one attached hydrogen (secondary N) is 1. The number of piperidine rings is 1. The number of para-hydroxylation sites is 1. The molecule has 1 N–H and O–H groups in total. The molecule has 22 heavy (non-hydrogen) atoms. The van der Waals surface area contributed by atoms with Crippen LogP contribution >= 0.6 is 15.9 Å². The minimum Gasteiger partial charge on any atom is -0.342 e. The summed E-state index contributed by atoms with van der Waals surface area (Å²) in [4.78, 5) is 26.5. The molecule has 1 saturated heterocycles. The summed E-state index contributed by atoms with van der Waals surface area (Å²) in [5.74, 6) is 0.169. The maximum absolute atomic E-state index is 12.4. The van der Waals surface area contributed by atoms with Crippen molar-refractivity contribution in [2.45, 2.75) is 33.6 Å². The predicted octanol–water partition coefficient (Wildman–Crippen LogP) is 3.67. The highest BCUT2D eigenvalue weighted by atomic mass is 79.9. The van der Waals surface area contributed by atoms with E-state index in [1.165, 1.54) is 0 Å². The molecule has 2 amide bonds. The van der Waals surface area contributed by atoms with Crippen molar-refractivity contribution in [2.75, 3.05) is 18.4 Å². The van der Waals surface area contributed by atoms with Crippen LogP contribution in [0.25, 0.3) is 0 Å². The fraction of sp³-hybridized carbons (Fsp3) is 0.529. The number of hydrogen-bond donors (Lipinski definition) is 1. The molecule has 1 aromatic rings. The van der Waals surface area contributed by atoms with Crippen molar-refractivity contribution < 1.29 is 9.59 Å². The van der Waals surface area contributed by atoms with Crippen LogP contribution in [0.2, 0.25) is 0 Å². The van der Waals surface area contributed by atoms with Crippen molar-refractivity contribution in [3.8, 4) is 0 Å². The minimum atomic E-state index is -0.357. The Bertz CT molecular complexity index is 558. The summed E-state index contributed by atoms with van der Waals surface area (Å²) in [5, 5.41) is 2.96. The van der Waals surface area contributed by atoms with Crippen molar-refractivity contribution in [2.24, 2.45) is 11.3 Å². The molecule has 1 aromatic carbocycles. The third kappa shape index (κ3) is 4.09. The molecule has 0 aliphatic carbocycles. The van der Waals surface area contributed by atoms with Gasteiger partial charge >= 0.3 is 0 Å². The van der Waals surface area contributed by atoms with E-state index >= 15 is 0 Å². The van der Waals surface area contributed by atoms with E-state index in [1.807, 2.05) is 49.9 Å². The first-order valence-electron chi connectivity index (χ1n) is 7.64. The maximum atomic E-state index is 12.4. The number of anilines is 1. The topological polar surface area (TPSA) is 49.4 Å². The Kier molecular flexibility index (Phi) is 5.27. The predicted molar refractivity (Wildman–Crippen MR) is 91.5 cm³/mol. The van der Waals surface area contributed by atoms with E-state index in [0.29, 0.717) is 13.1 Å². The molecular formula is C17H23BrN2O2. The molecule has 0 atom stereocenters. The number of benzene rings is 1. The van der Waals surface area contributed by atoms with E-state index in [2.05, 4.69) is 21.2 Å². The molecule has 1 heterocycles. The highest BCUT2D eigenvalue weighted by molar-refractivity contribution is 9.10. The maximum Gasteiger partial charge on any atom is 0.227 e. The van der Waals surface area contributed by atoms with E-state index in [1.54, 1.807) is 0 Å². The van der Waals surface area contributed by atoms with Crippen LogP contribution in [0.3, 0.4) is 0 Å². The highest BCUT2D eigenvalue weighted by Crippen LogP contribution is 2.26. The molecule has 1 aliphatic heterocycles. The summed E-state index contributed by atoms with van der Waals surface area (Å²) >= 11 is 3.43. The van der Waals surface area contributed by atoms with Crippen LogP contribution in [-0.4, -0.2) is 29.8 Å². The lowest BCUT2D eigenvalue weighted by Gasteiger charge is -2.35. The van der Waals surface area contributed by atoms with Crippen LogP contribution in [0.15, 0.2) is 28.7 Å². The lowest BCUT2D eigenvalue weighted by Crippen LogP contribution is -2.45. The van der Waals surface area contributed by atoms with Gasteiger partial charge in [0.25, 0.3) is 0 Å². The summed E-state index contributed by atoms with van der Waals surface area (Å²) in [5.41, 5.74) is 0.435. The first-order chi connectivity index (χ1) is 10.3. The Morgan fingerprint density at radius 3 is 2.32 bits per heavy atom. The van der Waals surface area contributed by atoms with Crippen LogP contribution < -0.4 is 5.32 Å². The normalized spacial score (nSPS) is 16.5. The van der Waals surface area contributed by atoms with Crippen LogP contribution in [0.4, 0.5) is 5.69 Å². The molecule has 0 aromatic heterocycles. The van der Waals surface area contributed by atoms with E-state index < -0.39 is 0 Å². The lowest BCUT2D eigenvalue weighted by molar-refractivity contribution is -0.142. The van der Waals surface area contributed by atoms with Gasteiger partial charge in [0.15, 0.2) is 0 Å². The SMILES string of the molecule is CC(C)(C)C(=O)N1CCC(C(=O)Nc2ccccc2Br)CC1. The molecule has 0 bridgehead atoms. The second kappa shape index (κ2) is 6.82. The number of carbonyl (C=O) groups is 2. The molecule has 1 fully saturated rings. The number of hydrogen-bond acceptors (Lipinski definition) is 2. The third-order valence-corrected chi connectivity index (χ3v) is 4.62. The molecule has 0 spiro atoms. The van der Waals surface area contributed by atoms with Gasteiger partial charge in [-0.25, -0.2) is 0 Å². The zero-order valence-corrected chi connectivity index (χ0v) is 14.9. The van der Waals surface area contributed by atoms with Gasteiger partial charge in [-0.2, -0.15) is 0 Å². The smallest absolute Gasteiger partial charge is 0.227 e. The molecule has 0 radical (unpaired) electrons. The number of likely N-dealkylation sites (tertiary alicyclic amines) is 1. The van der Waals surface area contributed by atoms with Crippen molar-refractivity contribution >= 4 is 33.4 Å². The zero-order chi connectivity index (χ0) is 16.3.